The molecule has 0 heterocycles. The van der Waals surface area contributed by atoms with E-state index in [0.717, 1.165) is 28.8 Å². The zero-order valence-electron chi connectivity index (χ0n) is 21.1. The lowest BCUT2D eigenvalue weighted by Gasteiger charge is -2.30. The number of amides is 2. The number of carbonyl (C=O) groups is 2. The van der Waals surface area contributed by atoms with Crippen molar-refractivity contribution < 1.29 is 26.8 Å². The fourth-order valence-electron chi connectivity index (χ4n) is 3.53. The van der Waals surface area contributed by atoms with Gasteiger partial charge in [-0.1, -0.05) is 36.2 Å². The first kappa shape index (κ1) is 30.8. The van der Waals surface area contributed by atoms with Gasteiger partial charge in [-0.2, -0.15) is 0 Å². The maximum Gasteiger partial charge on any atom is 0.242 e. The standard InChI is InChI=1S/C25H31Cl2F2N3O4S/c1-5-16(2)30-25(34)17(3)31(15-18-8-9-19(26)13-21(18)27)24(33)7-6-12-32(37(4,35)36)20-10-11-22(28)23(29)14-20/h8-11,13-14,16-17H,5-7,12,15H2,1-4H3,(H,30,34)/t16-,17-/m0/s1. The molecular formula is C25H31Cl2F2N3O4S. The van der Waals surface area contributed by atoms with E-state index in [1.165, 1.54) is 11.0 Å². The zero-order chi connectivity index (χ0) is 27.9. The van der Waals surface area contributed by atoms with Crippen molar-refractivity contribution in [1.82, 2.24) is 10.2 Å². The summed E-state index contributed by atoms with van der Waals surface area (Å²) in [6.07, 6.45) is 1.60. The van der Waals surface area contributed by atoms with Gasteiger partial charge in [0.2, 0.25) is 21.8 Å². The Bertz CT molecular complexity index is 1230. The highest BCUT2D eigenvalue weighted by Crippen LogP contribution is 2.25. The summed E-state index contributed by atoms with van der Waals surface area (Å²) >= 11 is 12.3. The van der Waals surface area contributed by atoms with Crippen LogP contribution in [0.5, 0.6) is 0 Å². The third kappa shape index (κ3) is 8.83. The van der Waals surface area contributed by atoms with Crippen LogP contribution in [0.25, 0.3) is 0 Å². The molecule has 7 nitrogen and oxygen atoms in total. The normalized spacial score (nSPS) is 13.1. The molecule has 2 rings (SSSR count). The van der Waals surface area contributed by atoms with Gasteiger partial charge in [0.15, 0.2) is 11.6 Å². The van der Waals surface area contributed by atoms with Crippen molar-refractivity contribution in [2.45, 2.75) is 58.7 Å². The summed E-state index contributed by atoms with van der Waals surface area (Å²) in [6.45, 7) is 5.25. The number of nitrogens with zero attached hydrogens (tertiary/aromatic N) is 2. The van der Waals surface area contributed by atoms with Crippen molar-refractivity contribution in [3.63, 3.8) is 0 Å². The van der Waals surface area contributed by atoms with Crippen molar-refractivity contribution in [3.05, 3.63) is 63.6 Å². The number of hydrogen-bond acceptors (Lipinski definition) is 4. The lowest BCUT2D eigenvalue weighted by molar-refractivity contribution is -0.140. The molecule has 0 spiro atoms. The molecule has 0 bridgehead atoms. The number of benzene rings is 2. The van der Waals surface area contributed by atoms with Gasteiger partial charge in [-0.15, -0.1) is 0 Å². The molecule has 2 aromatic carbocycles. The molecule has 12 heteroatoms. The number of nitrogens with one attached hydrogen (secondary N) is 1. The molecule has 1 N–H and O–H groups in total. The van der Waals surface area contributed by atoms with Crippen molar-refractivity contribution in [2.24, 2.45) is 0 Å². The van der Waals surface area contributed by atoms with Crippen LogP contribution in [0.4, 0.5) is 14.5 Å². The third-order valence-corrected chi connectivity index (χ3v) is 7.65. The Hall–Kier alpha value is -2.43. The van der Waals surface area contributed by atoms with Gasteiger partial charge in [0.05, 0.1) is 11.9 Å². The summed E-state index contributed by atoms with van der Waals surface area (Å²) in [7, 11) is -3.84. The number of hydrogen-bond donors (Lipinski definition) is 1. The van der Waals surface area contributed by atoms with Gasteiger partial charge in [-0.25, -0.2) is 17.2 Å². The Morgan fingerprint density at radius 3 is 2.30 bits per heavy atom. The molecule has 204 valence electrons. The van der Waals surface area contributed by atoms with E-state index in [4.69, 9.17) is 23.2 Å². The van der Waals surface area contributed by atoms with Gasteiger partial charge in [-0.05, 0) is 56.5 Å². The lowest BCUT2D eigenvalue weighted by Crippen LogP contribution is -2.49. The quantitative estimate of drug-likeness (QED) is 0.378. The van der Waals surface area contributed by atoms with E-state index in [2.05, 4.69) is 5.32 Å². The molecule has 0 saturated carbocycles. The minimum absolute atomic E-state index is 0.0306. The van der Waals surface area contributed by atoms with Gasteiger partial charge in [0.1, 0.15) is 6.04 Å². The monoisotopic (exact) mass is 577 g/mol. The summed E-state index contributed by atoms with van der Waals surface area (Å²) in [5.41, 5.74) is 0.530. The van der Waals surface area contributed by atoms with Crippen LogP contribution in [0.1, 0.15) is 45.6 Å². The maximum absolute atomic E-state index is 13.7. The molecule has 37 heavy (non-hydrogen) atoms. The number of carbonyl (C=O) groups excluding carboxylic acids is 2. The maximum atomic E-state index is 13.7. The molecule has 0 aliphatic carbocycles. The zero-order valence-corrected chi connectivity index (χ0v) is 23.4. The fraction of sp³-hybridized carbons (Fsp3) is 0.440. The molecule has 2 aromatic rings. The second-order valence-electron chi connectivity index (χ2n) is 8.79. The lowest BCUT2D eigenvalue weighted by atomic mass is 10.1. The molecule has 0 aliphatic heterocycles. The molecular weight excluding hydrogens is 547 g/mol. The van der Waals surface area contributed by atoms with E-state index in [1.807, 2.05) is 13.8 Å². The molecule has 0 aliphatic rings. The smallest absolute Gasteiger partial charge is 0.242 e. The van der Waals surface area contributed by atoms with E-state index in [-0.39, 0.29) is 43.6 Å². The Kier molecular flexibility index (Phi) is 11.1. The molecule has 2 atom stereocenters. The first-order valence-corrected chi connectivity index (χ1v) is 14.3. The average molecular weight is 579 g/mol. The molecule has 0 aromatic heterocycles. The second-order valence-corrected chi connectivity index (χ2v) is 11.5. The molecule has 2 amide bonds. The minimum atomic E-state index is -3.84. The first-order chi connectivity index (χ1) is 17.2. The van der Waals surface area contributed by atoms with Crippen molar-refractivity contribution in [1.29, 1.82) is 0 Å². The summed E-state index contributed by atoms with van der Waals surface area (Å²) in [5, 5.41) is 3.62. The van der Waals surface area contributed by atoms with Crippen LogP contribution >= 0.6 is 23.2 Å². The predicted octanol–water partition coefficient (Wildman–Crippen LogP) is 5.15. The SMILES string of the molecule is CC[C@H](C)NC(=O)[C@H](C)N(Cc1ccc(Cl)cc1Cl)C(=O)CCCN(c1ccc(F)c(F)c1)S(C)(=O)=O. The van der Waals surface area contributed by atoms with Gasteiger partial charge < -0.3 is 10.2 Å². The van der Waals surface area contributed by atoms with Crippen molar-refractivity contribution in [3.8, 4) is 0 Å². The second kappa shape index (κ2) is 13.4. The van der Waals surface area contributed by atoms with Crippen LogP contribution in [0, 0.1) is 11.6 Å². The number of anilines is 1. The van der Waals surface area contributed by atoms with Gasteiger partial charge in [0, 0.05) is 41.7 Å². The molecule has 0 unspecified atom stereocenters. The molecule has 0 saturated heterocycles. The minimum Gasteiger partial charge on any atom is -0.352 e. The Balaban J connectivity index is 2.23. The van der Waals surface area contributed by atoms with Gasteiger partial charge in [-0.3, -0.25) is 13.9 Å². The van der Waals surface area contributed by atoms with E-state index in [0.29, 0.717) is 22.0 Å². The number of sulfonamides is 1. The Labute approximate surface area is 226 Å². The van der Waals surface area contributed by atoms with Gasteiger partial charge >= 0.3 is 0 Å². The van der Waals surface area contributed by atoms with E-state index < -0.39 is 33.6 Å². The van der Waals surface area contributed by atoms with Crippen LogP contribution in [-0.4, -0.2) is 50.0 Å². The Morgan fingerprint density at radius 2 is 1.73 bits per heavy atom. The first-order valence-electron chi connectivity index (χ1n) is 11.7. The highest BCUT2D eigenvalue weighted by Gasteiger charge is 2.28. The summed E-state index contributed by atoms with van der Waals surface area (Å²) in [5.74, 6) is -3.04. The number of halogens is 4. The van der Waals surface area contributed by atoms with Crippen molar-refractivity contribution >= 4 is 50.7 Å². The van der Waals surface area contributed by atoms with Crippen LogP contribution in [0.2, 0.25) is 10.0 Å². The Morgan fingerprint density at radius 1 is 1.05 bits per heavy atom. The number of rotatable bonds is 12. The largest absolute Gasteiger partial charge is 0.352 e. The predicted molar refractivity (Wildman–Crippen MR) is 142 cm³/mol. The fourth-order valence-corrected chi connectivity index (χ4v) is 4.95. The van der Waals surface area contributed by atoms with Crippen LogP contribution in [-0.2, 0) is 26.2 Å². The van der Waals surface area contributed by atoms with E-state index in [1.54, 1.807) is 19.1 Å². The summed E-state index contributed by atoms with van der Waals surface area (Å²) in [4.78, 5) is 27.5. The van der Waals surface area contributed by atoms with Crippen molar-refractivity contribution in [2.75, 3.05) is 17.1 Å². The van der Waals surface area contributed by atoms with Crippen LogP contribution < -0.4 is 9.62 Å². The van der Waals surface area contributed by atoms with Crippen LogP contribution in [0.15, 0.2) is 36.4 Å². The third-order valence-electron chi connectivity index (χ3n) is 5.87. The summed E-state index contributed by atoms with van der Waals surface area (Å²) in [6, 6.07) is 6.67. The molecule has 0 fully saturated rings. The molecule has 0 radical (unpaired) electrons. The van der Waals surface area contributed by atoms with Crippen LogP contribution in [0.3, 0.4) is 0 Å². The van der Waals surface area contributed by atoms with E-state index in [9.17, 15) is 26.8 Å². The summed E-state index contributed by atoms with van der Waals surface area (Å²) < 4.78 is 52.6. The average Bonchev–Trinajstić information content (AvgIpc) is 2.81. The van der Waals surface area contributed by atoms with Gasteiger partial charge in [0.25, 0.3) is 0 Å². The topological polar surface area (TPSA) is 86.8 Å². The highest BCUT2D eigenvalue weighted by atomic mass is 35.5. The van der Waals surface area contributed by atoms with E-state index >= 15 is 0 Å². The highest BCUT2D eigenvalue weighted by molar-refractivity contribution is 7.92.